The van der Waals surface area contributed by atoms with Gasteiger partial charge in [0.1, 0.15) is 44.7 Å². The summed E-state index contributed by atoms with van der Waals surface area (Å²) in [5, 5.41) is 10.1. The van der Waals surface area contributed by atoms with Crippen LogP contribution < -0.4 is 9.80 Å². The number of para-hydroxylation sites is 4. The fourth-order valence-corrected chi connectivity index (χ4v) is 12.1. The molecule has 0 saturated carbocycles. The summed E-state index contributed by atoms with van der Waals surface area (Å²) in [6.45, 7) is 0. The third kappa shape index (κ3) is 6.79. The van der Waals surface area contributed by atoms with Crippen molar-refractivity contribution in [1.29, 1.82) is 0 Å². The average molecular weight is 1020 g/mol. The van der Waals surface area contributed by atoms with Crippen molar-refractivity contribution < 1.29 is 22.1 Å². The van der Waals surface area contributed by atoms with Crippen molar-refractivity contribution in [2.24, 2.45) is 0 Å². The minimum absolute atomic E-state index is 0.764. The molecule has 5 heterocycles. The molecule has 17 aromatic rings. The van der Waals surface area contributed by atoms with Crippen molar-refractivity contribution in [1.82, 2.24) is 0 Å². The van der Waals surface area contributed by atoms with Gasteiger partial charge in [-0.05, 0) is 119 Å². The van der Waals surface area contributed by atoms with Crippen molar-refractivity contribution in [3.63, 3.8) is 0 Å². The van der Waals surface area contributed by atoms with Crippen molar-refractivity contribution in [3.05, 3.63) is 255 Å². The molecule has 79 heavy (non-hydrogen) atoms. The molecule has 0 N–H and O–H groups in total. The summed E-state index contributed by atoms with van der Waals surface area (Å²) in [5.74, 6) is 0. The van der Waals surface area contributed by atoms with Crippen LogP contribution in [-0.2, 0) is 0 Å². The van der Waals surface area contributed by atoms with Gasteiger partial charge in [-0.25, -0.2) is 0 Å². The molecule has 0 bridgehead atoms. The Kier molecular flexibility index (Phi) is 9.28. The number of rotatable bonds is 8. The Morgan fingerprint density at radius 2 is 0.506 bits per heavy atom. The van der Waals surface area contributed by atoms with E-state index >= 15 is 0 Å². The van der Waals surface area contributed by atoms with E-state index in [2.05, 4.69) is 228 Å². The number of hydrogen-bond donors (Lipinski definition) is 0. The monoisotopic (exact) mass is 1010 g/mol. The second-order valence-electron chi connectivity index (χ2n) is 20.4. The maximum atomic E-state index is 6.84. The normalized spacial score (nSPS) is 12.1. The predicted octanol–water partition coefficient (Wildman–Crippen LogP) is 21.5. The van der Waals surface area contributed by atoms with Gasteiger partial charge in [0.2, 0.25) is 0 Å². The van der Waals surface area contributed by atoms with E-state index < -0.39 is 0 Å². The van der Waals surface area contributed by atoms with Gasteiger partial charge in [-0.15, -0.1) is 0 Å². The molecule has 7 heteroatoms. The van der Waals surface area contributed by atoms with Gasteiger partial charge in [0.25, 0.3) is 0 Å². The fraction of sp³-hybridized carbons (Fsp3) is 0. The maximum absolute atomic E-state index is 6.84. The topological polar surface area (TPSA) is 72.2 Å². The lowest BCUT2D eigenvalue weighted by atomic mass is 10.0. The zero-order chi connectivity index (χ0) is 51.7. The van der Waals surface area contributed by atoms with Crippen molar-refractivity contribution in [3.8, 4) is 22.3 Å². The molecule has 0 unspecified atom stereocenters. The molecule has 5 aromatic heterocycles. The van der Waals surface area contributed by atoms with E-state index in [0.717, 1.165) is 166 Å². The first kappa shape index (κ1) is 43.5. The van der Waals surface area contributed by atoms with Crippen LogP contribution in [0, 0.1) is 0 Å². The molecule has 0 amide bonds. The third-order valence-electron chi connectivity index (χ3n) is 15.9. The molecule has 0 aliphatic carbocycles. The number of fused-ring (bicyclic) bond motifs is 15. The van der Waals surface area contributed by atoms with E-state index in [-0.39, 0.29) is 0 Å². The molecule has 370 valence electrons. The predicted molar refractivity (Wildman–Crippen MR) is 323 cm³/mol. The van der Waals surface area contributed by atoms with Crippen molar-refractivity contribution in [2.45, 2.75) is 0 Å². The highest BCUT2D eigenvalue weighted by Crippen LogP contribution is 2.48. The van der Waals surface area contributed by atoms with E-state index in [0.29, 0.717) is 0 Å². The summed E-state index contributed by atoms with van der Waals surface area (Å²) in [6, 6.07) is 88.8. The number of nitrogens with zero attached hydrogens (tertiary/aromatic N) is 2. The maximum Gasteiger partial charge on any atom is 0.159 e. The second kappa shape index (κ2) is 16.9. The van der Waals surface area contributed by atoms with Crippen LogP contribution >= 0.6 is 0 Å². The van der Waals surface area contributed by atoms with Gasteiger partial charge in [0, 0.05) is 77.4 Å². The molecule has 0 radical (unpaired) electrons. The SMILES string of the molecule is c1ccc(-c2ccc(N(c3ccc4c(c3)oc3cc5c(cc34)oc3cc4c(cc35)oc3cc(N(c5ccc(-c6ccccc6)cc5)c5cccc6c5oc5ccccc56)ccc34)c3cccc4c3oc3ccccc34)cc2)cc1. The van der Waals surface area contributed by atoms with E-state index in [1.54, 1.807) is 0 Å². The average Bonchev–Trinajstić information content (AvgIpc) is 4.53. The summed E-state index contributed by atoms with van der Waals surface area (Å²) < 4.78 is 33.7. The highest BCUT2D eigenvalue weighted by Gasteiger charge is 2.24. The van der Waals surface area contributed by atoms with Crippen LogP contribution in [-0.4, -0.2) is 0 Å². The van der Waals surface area contributed by atoms with E-state index in [9.17, 15) is 0 Å². The Balaban J connectivity index is 0.771. The molecule has 0 aliphatic heterocycles. The van der Waals surface area contributed by atoms with Crippen LogP contribution in [0.1, 0.15) is 0 Å². The molecule has 0 atom stereocenters. The van der Waals surface area contributed by atoms with Gasteiger partial charge in [-0.2, -0.15) is 0 Å². The van der Waals surface area contributed by atoms with Crippen LogP contribution in [0.25, 0.3) is 132 Å². The first-order valence-corrected chi connectivity index (χ1v) is 26.5. The van der Waals surface area contributed by atoms with Crippen LogP contribution in [0.3, 0.4) is 0 Å². The van der Waals surface area contributed by atoms with E-state index in [4.69, 9.17) is 22.1 Å². The van der Waals surface area contributed by atoms with Gasteiger partial charge in [0.15, 0.2) is 11.2 Å². The van der Waals surface area contributed by atoms with Crippen LogP contribution in [0.15, 0.2) is 277 Å². The fourth-order valence-electron chi connectivity index (χ4n) is 12.1. The Labute approximate surface area is 450 Å². The Hall–Kier alpha value is -10.8. The second-order valence-corrected chi connectivity index (χ2v) is 20.4. The number of furan rings is 5. The van der Waals surface area contributed by atoms with Gasteiger partial charge < -0.3 is 31.9 Å². The summed E-state index contributed by atoms with van der Waals surface area (Å²) in [5.41, 5.74) is 18.3. The van der Waals surface area contributed by atoms with Gasteiger partial charge in [0.05, 0.1) is 22.7 Å². The Morgan fingerprint density at radius 1 is 0.190 bits per heavy atom. The summed E-state index contributed by atoms with van der Waals surface area (Å²) in [4.78, 5) is 4.52. The van der Waals surface area contributed by atoms with Gasteiger partial charge in [-0.3, -0.25) is 0 Å². The minimum Gasteiger partial charge on any atom is -0.456 e. The summed E-state index contributed by atoms with van der Waals surface area (Å²) >= 11 is 0. The quantitative estimate of drug-likeness (QED) is 0.150. The smallest absolute Gasteiger partial charge is 0.159 e. The van der Waals surface area contributed by atoms with E-state index in [1.165, 1.54) is 0 Å². The molecule has 7 nitrogen and oxygen atoms in total. The van der Waals surface area contributed by atoms with Crippen molar-refractivity contribution in [2.75, 3.05) is 9.80 Å². The van der Waals surface area contributed by atoms with Gasteiger partial charge in [-0.1, -0.05) is 146 Å². The standard InChI is InChI=1S/C72H42N2O5/c1-3-13-43(14-4-1)45-25-29-47(30-26-45)73(61-21-11-19-55-51-17-7-9-23-63(51)78-71(55)61)49-33-35-53-57-39-69-59(41-67(57)75-65(53)37-49)60-42-68-58(40-70(60)77-69)54-36-34-50(38-66(54)76-68)74(48-31-27-46(28-32-48)44-15-5-2-6-16-44)62-22-12-20-56-52-18-8-10-24-64(52)79-72(56)62/h1-42H. The lowest BCUT2D eigenvalue weighted by molar-refractivity contribution is 0.662. The molecule has 0 spiro atoms. The Morgan fingerprint density at radius 3 is 0.924 bits per heavy atom. The lowest BCUT2D eigenvalue weighted by Gasteiger charge is -2.25. The molecular weight excluding hydrogens is 973 g/mol. The van der Waals surface area contributed by atoms with Crippen LogP contribution in [0.4, 0.5) is 34.1 Å². The van der Waals surface area contributed by atoms with Crippen molar-refractivity contribution >= 4 is 144 Å². The summed E-state index contributed by atoms with van der Waals surface area (Å²) in [6.07, 6.45) is 0. The largest absolute Gasteiger partial charge is 0.456 e. The lowest BCUT2D eigenvalue weighted by Crippen LogP contribution is -2.10. The highest BCUT2D eigenvalue weighted by atomic mass is 16.3. The third-order valence-corrected chi connectivity index (χ3v) is 15.9. The minimum atomic E-state index is 0.764. The molecule has 0 fully saturated rings. The number of anilines is 6. The van der Waals surface area contributed by atoms with E-state index in [1.807, 2.05) is 36.4 Å². The first-order valence-electron chi connectivity index (χ1n) is 26.5. The molecule has 12 aromatic carbocycles. The number of hydrogen-bond acceptors (Lipinski definition) is 7. The highest BCUT2D eigenvalue weighted by molar-refractivity contribution is 6.19. The zero-order valence-corrected chi connectivity index (χ0v) is 42.2. The molecular formula is C72H42N2O5. The summed E-state index contributed by atoms with van der Waals surface area (Å²) in [7, 11) is 0. The first-order chi connectivity index (χ1) is 39.1. The number of benzene rings is 12. The van der Waals surface area contributed by atoms with Crippen LogP contribution in [0.5, 0.6) is 0 Å². The van der Waals surface area contributed by atoms with Crippen LogP contribution in [0.2, 0.25) is 0 Å². The molecule has 17 rings (SSSR count). The van der Waals surface area contributed by atoms with Gasteiger partial charge >= 0.3 is 0 Å². The zero-order valence-electron chi connectivity index (χ0n) is 42.2. The molecule has 0 aliphatic rings. The Bertz CT molecular complexity index is 4930. The molecule has 0 saturated heterocycles.